The van der Waals surface area contributed by atoms with Crippen molar-refractivity contribution in [1.82, 2.24) is 16.0 Å². The van der Waals surface area contributed by atoms with Gasteiger partial charge in [-0.2, -0.15) is 0 Å². The quantitative estimate of drug-likeness (QED) is 0.295. The number of hydrogen-bond donors (Lipinski definition) is 3. The molecule has 0 fully saturated rings. The van der Waals surface area contributed by atoms with E-state index in [1.165, 1.54) is 28.8 Å². The summed E-state index contributed by atoms with van der Waals surface area (Å²) in [4.78, 5) is 35.7. The molecule has 0 bridgehead atoms. The monoisotopic (exact) mass is 431 g/mol. The maximum absolute atomic E-state index is 14.2. The maximum atomic E-state index is 14.2. The highest BCUT2D eigenvalue weighted by Gasteiger charge is 2.30. The van der Waals surface area contributed by atoms with Crippen molar-refractivity contribution in [2.24, 2.45) is 0 Å². The van der Waals surface area contributed by atoms with Crippen LogP contribution in [-0.2, 0) is 20.9 Å². The van der Waals surface area contributed by atoms with Crippen molar-refractivity contribution < 1.29 is 23.5 Å². The van der Waals surface area contributed by atoms with Crippen LogP contribution in [0, 0.1) is 5.82 Å². The molecule has 0 spiro atoms. The average molecular weight is 431 g/mol. The zero-order valence-corrected chi connectivity index (χ0v) is 19.0. The summed E-state index contributed by atoms with van der Waals surface area (Å²) in [5, 5.41) is 8.00. The minimum atomic E-state index is -1.24. The number of carbonyl (C=O) groups is 3. The first kappa shape index (κ1) is 26.1. The number of halogens is 1. The zero-order chi connectivity index (χ0) is 23.6. The molecule has 168 valence electrons. The van der Waals surface area contributed by atoms with Gasteiger partial charge in [0.15, 0.2) is 11.6 Å². The minimum absolute atomic E-state index is 0.0826. The van der Waals surface area contributed by atoms with E-state index in [0.29, 0.717) is 24.1 Å². The van der Waals surface area contributed by atoms with E-state index in [1.807, 2.05) is 19.9 Å². The Bertz CT molecular complexity index is 868. The van der Waals surface area contributed by atoms with E-state index in [9.17, 15) is 18.8 Å². The Balaban J connectivity index is 2.71. The van der Waals surface area contributed by atoms with Crippen LogP contribution in [0.3, 0.4) is 0 Å². The Morgan fingerprint density at radius 1 is 1.32 bits per heavy atom. The lowest BCUT2D eigenvalue weighted by Gasteiger charge is -2.25. The van der Waals surface area contributed by atoms with Gasteiger partial charge in [-0.05, 0) is 26.3 Å². The molecule has 0 aliphatic heterocycles. The number of benzene rings is 1. The predicted octanol–water partition coefficient (Wildman–Crippen LogP) is 1.33. The average Bonchev–Trinajstić information content (AvgIpc) is 2.69. The molecule has 9 heteroatoms. The number of methoxy groups -OCH3 is 1. The first-order chi connectivity index (χ1) is 14.5. The summed E-state index contributed by atoms with van der Waals surface area (Å²) in [5.74, 6) is -1.66. The molecule has 3 amide bonds. The number of hydrogen-bond acceptors (Lipinski definition) is 5. The summed E-state index contributed by atoms with van der Waals surface area (Å²) < 4.78 is 19.2. The molecule has 0 saturated heterocycles. The molecule has 0 aliphatic carbocycles. The Labute approximate surface area is 183 Å². The largest absolute Gasteiger partial charge is 0.494 e. The number of carbonyl (C=O) groups excluding carboxylic acids is 3. The van der Waals surface area contributed by atoms with Crippen LogP contribution in [0.15, 0.2) is 42.0 Å². The van der Waals surface area contributed by atoms with Crippen LogP contribution in [0.2, 0.25) is 0 Å². The minimum Gasteiger partial charge on any atom is -0.494 e. The smallest absolute Gasteiger partial charge is 0.247 e. The van der Waals surface area contributed by atoms with Crippen molar-refractivity contribution in [2.75, 3.05) is 7.11 Å². The molecule has 1 aromatic rings. The molecule has 7 nitrogen and oxygen atoms in total. The van der Waals surface area contributed by atoms with Gasteiger partial charge in [0.1, 0.15) is 7.85 Å². The van der Waals surface area contributed by atoms with E-state index < -0.39 is 29.0 Å². The van der Waals surface area contributed by atoms with E-state index >= 15 is 0 Å². The van der Waals surface area contributed by atoms with Crippen LogP contribution in [-0.4, -0.2) is 44.2 Å². The zero-order valence-electron chi connectivity index (χ0n) is 19.0. The van der Waals surface area contributed by atoms with Crippen molar-refractivity contribution >= 4 is 25.6 Å². The van der Waals surface area contributed by atoms with Gasteiger partial charge in [0.05, 0.1) is 12.5 Å². The number of allylic oxidation sites excluding steroid dienone is 2. The molecule has 0 heterocycles. The number of ether oxygens (including phenoxy) is 1. The Kier molecular flexibility index (Phi) is 10.1. The first-order valence-electron chi connectivity index (χ1n) is 10.1. The third kappa shape index (κ3) is 8.37. The lowest BCUT2D eigenvalue weighted by atomic mass is 9.78. The number of rotatable bonds is 10. The lowest BCUT2D eigenvalue weighted by Crippen LogP contribution is -2.58. The second-order valence-corrected chi connectivity index (χ2v) is 7.62. The lowest BCUT2D eigenvalue weighted by molar-refractivity contribution is -0.133. The third-order valence-electron chi connectivity index (χ3n) is 4.53. The normalized spacial score (nSPS) is 14.6. The maximum Gasteiger partial charge on any atom is 0.247 e. The highest BCUT2D eigenvalue weighted by molar-refractivity contribution is 6.30. The van der Waals surface area contributed by atoms with Gasteiger partial charge in [0.25, 0.3) is 0 Å². The van der Waals surface area contributed by atoms with Gasteiger partial charge in [0, 0.05) is 30.6 Å². The van der Waals surface area contributed by atoms with Crippen LogP contribution in [0.5, 0.6) is 5.75 Å². The molecular weight excluding hydrogens is 400 g/mol. The van der Waals surface area contributed by atoms with Crippen LogP contribution in [0.25, 0.3) is 0 Å². The Morgan fingerprint density at radius 3 is 2.58 bits per heavy atom. The van der Waals surface area contributed by atoms with E-state index in [-0.39, 0.29) is 11.8 Å². The van der Waals surface area contributed by atoms with E-state index in [4.69, 9.17) is 4.74 Å². The SMILES string of the molecule is BC(C)(NC(=O)/C(=C/C=C\C(C)NCc1cccc(OC)c1F)CC)C(=O)NC(C)=O. The molecule has 0 aromatic heterocycles. The second kappa shape index (κ2) is 12.0. The Hall–Kier alpha value is -2.94. The van der Waals surface area contributed by atoms with Gasteiger partial charge in [-0.25, -0.2) is 4.39 Å². The van der Waals surface area contributed by atoms with Crippen molar-refractivity contribution in [3.8, 4) is 5.75 Å². The summed E-state index contributed by atoms with van der Waals surface area (Å²) in [5.41, 5.74) is -0.267. The standard InChI is InChI=1S/C22H31BFN3O4/c1-6-16(20(29)27-22(4,23)21(30)26-15(3)28)10-7-9-14(2)25-13-17-11-8-12-18(31-5)19(17)24/h7-12,14,25H,6,13,23H2,1-5H3,(H,27,29)(H,26,28,30)/b9-7-,16-10+. The fraction of sp³-hybridized carbons (Fsp3) is 0.409. The highest BCUT2D eigenvalue weighted by atomic mass is 19.1. The van der Waals surface area contributed by atoms with Gasteiger partial charge in [0.2, 0.25) is 17.7 Å². The van der Waals surface area contributed by atoms with Gasteiger partial charge in [-0.3, -0.25) is 19.7 Å². The molecule has 0 aliphatic rings. The van der Waals surface area contributed by atoms with Crippen molar-refractivity contribution in [3.05, 3.63) is 53.4 Å². The van der Waals surface area contributed by atoms with Crippen LogP contribution >= 0.6 is 0 Å². The van der Waals surface area contributed by atoms with Crippen molar-refractivity contribution in [2.45, 2.75) is 52.1 Å². The molecule has 3 N–H and O–H groups in total. The van der Waals surface area contributed by atoms with E-state index in [2.05, 4.69) is 16.0 Å². The molecule has 0 radical (unpaired) electrons. The molecule has 1 aromatic carbocycles. The second-order valence-electron chi connectivity index (χ2n) is 7.62. The van der Waals surface area contributed by atoms with E-state index in [1.54, 1.807) is 30.4 Å². The summed E-state index contributed by atoms with van der Waals surface area (Å²) in [6, 6.07) is 4.90. The highest BCUT2D eigenvalue weighted by Crippen LogP contribution is 2.19. The predicted molar refractivity (Wildman–Crippen MR) is 121 cm³/mol. The summed E-state index contributed by atoms with van der Waals surface area (Å²) in [6.45, 7) is 6.81. The van der Waals surface area contributed by atoms with Crippen LogP contribution in [0.1, 0.15) is 39.7 Å². The molecular formula is C22H31BFN3O4. The van der Waals surface area contributed by atoms with Crippen LogP contribution < -0.4 is 20.7 Å². The number of nitrogens with one attached hydrogen (secondary N) is 3. The molecule has 2 unspecified atom stereocenters. The first-order valence-corrected chi connectivity index (χ1v) is 10.1. The molecule has 0 saturated carbocycles. The van der Waals surface area contributed by atoms with Crippen molar-refractivity contribution in [3.63, 3.8) is 0 Å². The summed E-state index contributed by atoms with van der Waals surface area (Å²) in [7, 11) is 2.95. The fourth-order valence-corrected chi connectivity index (χ4v) is 2.62. The van der Waals surface area contributed by atoms with Gasteiger partial charge >= 0.3 is 0 Å². The molecule has 31 heavy (non-hydrogen) atoms. The van der Waals surface area contributed by atoms with Crippen molar-refractivity contribution in [1.29, 1.82) is 0 Å². The topological polar surface area (TPSA) is 96.5 Å². The fourth-order valence-electron chi connectivity index (χ4n) is 2.62. The van der Waals surface area contributed by atoms with Gasteiger partial charge in [-0.1, -0.05) is 37.3 Å². The van der Waals surface area contributed by atoms with Gasteiger partial charge < -0.3 is 15.4 Å². The number of imide groups is 1. The van der Waals surface area contributed by atoms with E-state index in [0.717, 1.165) is 0 Å². The summed E-state index contributed by atoms with van der Waals surface area (Å²) in [6.07, 6.45) is 5.70. The summed E-state index contributed by atoms with van der Waals surface area (Å²) >= 11 is 0. The third-order valence-corrected chi connectivity index (χ3v) is 4.53. The number of amides is 3. The Morgan fingerprint density at radius 2 is 2.00 bits per heavy atom. The molecule has 2 atom stereocenters. The van der Waals surface area contributed by atoms with Gasteiger partial charge in [-0.15, -0.1) is 0 Å². The van der Waals surface area contributed by atoms with Crippen LogP contribution in [0.4, 0.5) is 4.39 Å². The molecule has 1 rings (SSSR count).